The SMILES string of the molecule is COc1cc(OC)nc(NC(=O)OC(C)(C)C)n1. The van der Waals surface area contributed by atoms with Crippen molar-refractivity contribution in [3.63, 3.8) is 0 Å². The average molecular weight is 255 g/mol. The summed E-state index contributed by atoms with van der Waals surface area (Å²) in [5.74, 6) is 0.626. The van der Waals surface area contributed by atoms with Crippen LogP contribution in [0.25, 0.3) is 0 Å². The molecular formula is C11H17N3O4. The van der Waals surface area contributed by atoms with E-state index in [1.54, 1.807) is 20.8 Å². The summed E-state index contributed by atoms with van der Waals surface area (Å²) in [5.41, 5.74) is -0.590. The molecule has 0 aromatic carbocycles. The van der Waals surface area contributed by atoms with Gasteiger partial charge in [-0.25, -0.2) is 4.79 Å². The number of carbonyl (C=O) groups excluding carboxylic acids is 1. The number of nitrogens with zero attached hydrogens (tertiary/aromatic N) is 2. The molecule has 1 rings (SSSR count). The quantitative estimate of drug-likeness (QED) is 0.887. The number of hydrogen-bond donors (Lipinski definition) is 1. The molecule has 7 heteroatoms. The van der Waals surface area contributed by atoms with E-state index in [-0.39, 0.29) is 17.7 Å². The maximum absolute atomic E-state index is 11.5. The molecule has 1 heterocycles. The molecule has 1 aromatic rings. The third-order valence-electron chi connectivity index (χ3n) is 1.71. The lowest BCUT2D eigenvalue weighted by Crippen LogP contribution is -2.27. The number of anilines is 1. The van der Waals surface area contributed by atoms with E-state index in [2.05, 4.69) is 15.3 Å². The first-order valence-electron chi connectivity index (χ1n) is 5.31. The fourth-order valence-corrected chi connectivity index (χ4v) is 1.06. The number of nitrogens with one attached hydrogen (secondary N) is 1. The second-order valence-electron chi connectivity index (χ2n) is 4.40. The molecule has 1 N–H and O–H groups in total. The van der Waals surface area contributed by atoms with E-state index in [4.69, 9.17) is 14.2 Å². The Morgan fingerprint density at radius 1 is 1.17 bits per heavy atom. The Hall–Kier alpha value is -2.05. The predicted octanol–water partition coefficient (Wildman–Crippen LogP) is 1.84. The lowest BCUT2D eigenvalue weighted by atomic mass is 10.2. The zero-order valence-electron chi connectivity index (χ0n) is 11.1. The van der Waals surface area contributed by atoms with Gasteiger partial charge in [0.2, 0.25) is 17.7 Å². The first kappa shape index (κ1) is 14.0. The Morgan fingerprint density at radius 3 is 2.06 bits per heavy atom. The molecule has 100 valence electrons. The highest BCUT2D eigenvalue weighted by atomic mass is 16.6. The van der Waals surface area contributed by atoms with Crippen LogP contribution in [0.5, 0.6) is 11.8 Å². The molecule has 0 spiro atoms. The molecule has 0 saturated heterocycles. The zero-order valence-corrected chi connectivity index (χ0v) is 11.1. The normalized spacial score (nSPS) is 10.7. The summed E-state index contributed by atoms with van der Waals surface area (Å²) in [6.45, 7) is 5.29. The molecular weight excluding hydrogens is 238 g/mol. The molecule has 0 aliphatic rings. The topological polar surface area (TPSA) is 82.6 Å². The van der Waals surface area contributed by atoms with Gasteiger partial charge in [0.05, 0.1) is 20.3 Å². The second-order valence-corrected chi connectivity index (χ2v) is 4.40. The number of hydrogen-bond acceptors (Lipinski definition) is 6. The smallest absolute Gasteiger partial charge is 0.414 e. The number of methoxy groups -OCH3 is 2. The van der Waals surface area contributed by atoms with E-state index >= 15 is 0 Å². The maximum Gasteiger partial charge on any atom is 0.414 e. The van der Waals surface area contributed by atoms with Crippen molar-refractivity contribution >= 4 is 12.0 Å². The highest BCUT2D eigenvalue weighted by molar-refractivity contribution is 5.82. The fraction of sp³-hybridized carbons (Fsp3) is 0.545. The summed E-state index contributed by atoms with van der Waals surface area (Å²) in [4.78, 5) is 19.4. The lowest BCUT2D eigenvalue weighted by Gasteiger charge is -2.19. The van der Waals surface area contributed by atoms with Crippen molar-refractivity contribution in [1.29, 1.82) is 0 Å². The summed E-state index contributed by atoms with van der Waals surface area (Å²) in [5, 5.41) is 2.40. The van der Waals surface area contributed by atoms with Crippen LogP contribution in [0, 0.1) is 0 Å². The lowest BCUT2D eigenvalue weighted by molar-refractivity contribution is 0.0634. The van der Waals surface area contributed by atoms with Gasteiger partial charge in [-0.3, -0.25) is 5.32 Å². The number of carbonyl (C=O) groups is 1. The summed E-state index contributed by atoms with van der Waals surface area (Å²) >= 11 is 0. The van der Waals surface area contributed by atoms with Crippen LogP contribution in [0.1, 0.15) is 20.8 Å². The molecule has 0 unspecified atom stereocenters. The van der Waals surface area contributed by atoms with Crippen LogP contribution in [-0.2, 0) is 4.74 Å². The summed E-state index contributed by atoms with van der Waals surface area (Å²) in [7, 11) is 2.91. The van der Waals surface area contributed by atoms with Crippen LogP contribution in [0.4, 0.5) is 10.7 Å². The van der Waals surface area contributed by atoms with Gasteiger partial charge < -0.3 is 14.2 Å². The van der Waals surface area contributed by atoms with Gasteiger partial charge in [0.1, 0.15) is 5.60 Å². The van der Waals surface area contributed by atoms with E-state index in [0.29, 0.717) is 0 Å². The van der Waals surface area contributed by atoms with E-state index in [9.17, 15) is 4.79 Å². The Balaban J connectivity index is 2.80. The number of amides is 1. The third-order valence-corrected chi connectivity index (χ3v) is 1.71. The minimum absolute atomic E-state index is 0.0560. The fourth-order valence-electron chi connectivity index (χ4n) is 1.06. The Bertz CT molecular complexity index is 407. The van der Waals surface area contributed by atoms with E-state index in [0.717, 1.165) is 0 Å². The highest BCUT2D eigenvalue weighted by Crippen LogP contribution is 2.18. The van der Waals surface area contributed by atoms with Gasteiger partial charge in [-0.05, 0) is 20.8 Å². The Labute approximate surface area is 105 Å². The van der Waals surface area contributed by atoms with Crippen LogP contribution in [0.3, 0.4) is 0 Å². The summed E-state index contributed by atoms with van der Waals surface area (Å²) in [6.07, 6.45) is -0.641. The van der Waals surface area contributed by atoms with Gasteiger partial charge in [-0.2, -0.15) is 9.97 Å². The minimum Gasteiger partial charge on any atom is -0.481 e. The molecule has 0 fully saturated rings. The Kier molecular flexibility index (Phi) is 4.30. The molecule has 0 bridgehead atoms. The maximum atomic E-state index is 11.5. The van der Waals surface area contributed by atoms with E-state index < -0.39 is 11.7 Å². The van der Waals surface area contributed by atoms with Crippen molar-refractivity contribution in [3.8, 4) is 11.8 Å². The molecule has 0 aliphatic carbocycles. The number of ether oxygens (including phenoxy) is 3. The van der Waals surface area contributed by atoms with Gasteiger partial charge in [-0.15, -0.1) is 0 Å². The average Bonchev–Trinajstić information content (AvgIpc) is 2.25. The molecule has 1 amide bonds. The monoisotopic (exact) mass is 255 g/mol. The van der Waals surface area contributed by atoms with Gasteiger partial charge in [0.25, 0.3) is 0 Å². The van der Waals surface area contributed by atoms with Crippen LogP contribution >= 0.6 is 0 Å². The predicted molar refractivity (Wildman–Crippen MR) is 65.0 cm³/mol. The molecule has 0 saturated carbocycles. The van der Waals surface area contributed by atoms with E-state index in [1.807, 2.05) is 0 Å². The third kappa shape index (κ3) is 4.44. The van der Waals surface area contributed by atoms with Crippen LogP contribution in [0.2, 0.25) is 0 Å². The second kappa shape index (κ2) is 5.52. The number of aromatic nitrogens is 2. The van der Waals surface area contributed by atoms with Gasteiger partial charge in [0, 0.05) is 0 Å². The summed E-state index contributed by atoms with van der Waals surface area (Å²) < 4.78 is 15.0. The minimum atomic E-state index is -0.641. The van der Waals surface area contributed by atoms with Gasteiger partial charge >= 0.3 is 6.09 Å². The van der Waals surface area contributed by atoms with E-state index in [1.165, 1.54) is 20.3 Å². The first-order chi connectivity index (χ1) is 8.34. The molecule has 0 aliphatic heterocycles. The van der Waals surface area contributed by atoms with Crippen molar-refractivity contribution < 1.29 is 19.0 Å². The standard InChI is InChI=1S/C11H17N3O4/c1-11(2,3)18-10(15)14-9-12-7(16-4)6-8(13-9)17-5/h6H,1-5H3,(H,12,13,14,15). The molecule has 7 nitrogen and oxygen atoms in total. The zero-order chi connectivity index (χ0) is 13.8. The van der Waals surface area contributed by atoms with Gasteiger partial charge in [0.15, 0.2) is 0 Å². The van der Waals surface area contributed by atoms with Crippen molar-refractivity contribution in [1.82, 2.24) is 9.97 Å². The van der Waals surface area contributed by atoms with Crippen LogP contribution in [-0.4, -0.2) is 35.9 Å². The van der Waals surface area contributed by atoms with Crippen molar-refractivity contribution in [3.05, 3.63) is 6.07 Å². The first-order valence-corrected chi connectivity index (χ1v) is 5.31. The van der Waals surface area contributed by atoms with Crippen molar-refractivity contribution in [2.75, 3.05) is 19.5 Å². The molecule has 1 aromatic heterocycles. The Morgan fingerprint density at radius 2 is 1.67 bits per heavy atom. The van der Waals surface area contributed by atoms with Crippen molar-refractivity contribution in [2.24, 2.45) is 0 Å². The highest BCUT2D eigenvalue weighted by Gasteiger charge is 2.17. The molecule has 18 heavy (non-hydrogen) atoms. The molecule has 0 radical (unpaired) electrons. The van der Waals surface area contributed by atoms with Crippen molar-refractivity contribution in [2.45, 2.75) is 26.4 Å². The molecule has 0 atom stereocenters. The van der Waals surface area contributed by atoms with Crippen LogP contribution < -0.4 is 14.8 Å². The van der Waals surface area contributed by atoms with Gasteiger partial charge in [-0.1, -0.05) is 0 Å². The van der Waals surface area contributed by atoms with Crippen LogP contribution in [0.15, 0.2) is 6.07 Å². The summed E-state index contributed by atoms with van der Waals surface area (Å²) in [6, 6.07) is 1.50. The largest absolute Gasteiger partial charge is 0.481 e. The number of rotatable bonds is 3.